The molecule has 3 nitrogen and oxygen atoms in total. The number of hydrogen-bond donors (Lipinski definition) is 1. The Kier molecular flexibility index (Phi) is 2.83. The van der Waals surface area contributed by atoms with Gasteiger partial charge in [-0.05, 0) is 23.7 Å². The lowest BCUT2D eigenvalue weighted by atomic mass is 10.1. The van der Waals surface area contributed by atoms with Crippen molar-refractivity contribution in [2.75, 3.05) is 0 Å². The SMILES string of the molecule is O=C(O)c1cc(-c2ccccc2Br)ns1. The van der Waals surface area contributed by atoms with Crippen LogP contribution < -0.4 is 0 Å². The van der Waals surface area contributed by atoms with Gasteiger partial charge < -0.3 is 5.11 Å². The maximum Gasteiger partial charge on any atom is 0.347 e. The number of carboxylic acids is 1. The van der Waals surface area contributed by atoms with Gasteiger partial charge in [0.1, 0.15) is 4.88 Å². The molecule has 1 heterocycles. The summed E-state index contributed by atoms with van der Waals surface area (Å²) in [5, 5.41) is 8.77. The molecule has 0 saturated carbocycles. The van der Waals surface area contributed by atoms with Crippen molar-refractivity contribution in [3.63, 3.8) is 0 Å². The molecule has 0 amide bonds. The topological polar surface area (TPSA) is 50.2 Å². The highest BCUT2D eigenvalue weighted by Crippen LogP contribution is 2.28. The molecule has 2 rings (SSSR count). The first-order valence-corrected chi connectivity index (χ1v) is 5.70. The van der Waals surface area contributed by atoms with Crippen molar-refractivity contribution in [3.05, 3.63) is 39.7 Å². The Labute approximate surface area is 98.7 Å². The van der Waals surface area contributed by atoms with Crippen LogP contribution in [0, 0.1) is 0 Å². The zero-order valence-electron chi connectivity index (χ0n) is 7.48. The third-order valence-electron chi connectivity index (χ3n) is 1.87. The summed E-state index contributed by atoms with van der Waals surface area (Å²) in [5.74, 6) is -0.939. The fourth-order valence-electron chi connectivity index (χ4n) is 1.17. The molecule has 1 N–H and O–H groups in total. The van der Waals surface area contributed by atoms with Crippen LogP contribution in [0.1, 0.15) is 9.67 Å². The summed E-state index contributed by atoms with van der Waals surface area (Å²) in [6, 6.07) is 9.16. The van der Waals surface area contributed by atoms with Crippen LogP contribution >= 0.6 is 27.5 Å². The fourth-order valence-corrected chi connectivity index (χ4v) is 2.25. The zero-order valence-corrected chi connectivity index (χ0v) is 9.88. The third kappa shape index (κ3) is 2.08. The number of aromatic nitrogens is 1. The molecule has 5 heteroatoms. The van der Waals surface area contributed by atoms with Crippen molar-refractivity contribution < 1.29 is 9.90 Å². The molecule has 76 valence electrons. The van der Waals surface area contributed by atoms with Crippen LogP contribution in [0.3, 0.4) is 0 Å². The quantitative estimate of drug-likeness (QED) is 0.920. The smallest absolute Gasteiger partial charge is 0.347 e. The van der Waals surface area contributed by atoms with Crippen molar-refractivity contribution in [2.45, 2.75) is 0 Å². The Balaban J connectivity index is 2.46. The molecule has 0 aliphatic carbocycles. The van der Waals surface area contributed by atoms with Gasteiger partial charge in [0.2, 0.25) is 0 Å². The summed E-state index contributed by atoms with van der Waals surface area (Å²) < 4.78 is 5.01. The van der Waals surface area contributed by atoms with Crippen LogP contribution in [-0.4, -0.2) is 15.4 Å². The predicted octanol–water partition coefficient (Wildman–Crippen LogP) is 3.27. The molecule has 0 atom stereocenters. The summed E-state index contributed by atoms with van der Waals surface area (Å²) in [7, 11) is 0. The number of hydrogen-bond acceptors (Lipinski definition) is 3. The van der Waals surface area contributed by atoms with E-state index in [1.165, 1.54) is 0 Å². The average Bonchev–Trinajstić information content (AvgIpc) is 2.67. The second kappa shape index (κ2) is 4.12. The minimum atomic E-state index is -0.939. The van der Waals surface area contributed by atoms with E-state index in [2.05, 4.69) is 20.3 Å². The Morgan fingerprint density at radius 1 is 1.40 bits per heavy atom. The van der Waals surface area contributed by atoms with Crippen LogP contribution in [0.25, 0.3) is 11.3 Å². The van der Waals surface area contributed by atoms with Gasteiger partial charge in [-0.2, -0.15) is 4.37 Å². The van der Waals surface area contributed by atoms with E-state index in [9.17, 15) is 4.79 Å². The monoisotopic (exact) mass is 283 g/mol. The van der Waals surface area contributed by atoms with Gasteiger partial charge in [-0.1, -0.05) is 34.1 Å². The van der Waals surface area contributed by atoms with Crippen molar-refractivity contribution in [1.82, 2.24) is 4.37 Å². The summed E-state index contributed by atoms with van der Waals surface area (Å²) in [6.45, 7) is 0. The molecule has 0 aliphatic rings. The van der Waals surface area contributed by atoms with Gasteiger partial charge >= 0.3 is 5.97 Å². The summed E-state index contributed by atoms with van der Waals surface area (Å²) in [4.78, 5) is 10.9. The summed E-state index contributed by atoms with van der Waals surface area (Å²) >= 11 is 4.39. The summed E-state index contributed by atoms with van der Waals surface area (Å²) in [6.07, 6.45) is 0. The minimum absolute atomic E-state index is 0.251. The molecular formula is C10H6BrNO2S. The third-order valence-corrected chi connectivity index (χ3v) is 3.34. The number of aromatic carboxylic acids is 1. The average molecular weight is 284 g/mol. The van der Waals surface area contributed by atoms with Crippen LogP contribution in [0.4, 0.5) is 0 Å². The maximum absolute atomic E-state index is 10.7. The molecule has 15 heavy (non-hydrogen) atoms. The Morgan fingerprint density at radius 3 is 2.73 bits per heavy atom. The molecule has 0 saturated heterocycles. The van der Waals surface area contributed by atoms with E-state index in [1.807, 2.05) is 24.3 Å². The molecule has 0 radical (unpaired) electrons. The molecule has 0 unspecified atom stereocenters. The fraction of sp³-hybridized carbons (Fsp3) is 0. The van der Waals surface area contributed by atoms with E-state index < -0.39 is 5.97 Å². The number of nitrogens with zero attached hydrogens (tertiary/aromatic N) is 1. The lowest BCUT2D eigenvalue weighted by Gasteiger charge is -1.98. The summed E-state index contributed by atoms with van der Waals surface area (Å²) in [5.41, 5.74) is 1.59. The maximum atomic E-state index is 10.7. The largest absolute Gasteiger partial charge is 0.477 e. The van der Waals surface area contributed by atoms with Gasteiger partial charge in [-0.25, -0.2) is 4.79 Å². The molecule has 2 aromatic rings. The first kappa shape index (κ1) is 10.3. The normalized spacial score (nSPS) is 10.2. The van der Waals surface area contributed by atoms with Gasteiger partial charge in [0, 0.05) is 10.0 Å². The van der Waals surface area contributed by atoms with Crippen molar-refractivity contribution in [3.8, 4) is 11.3 Å². The van der Waals surface area contributed by atoms with Crippen molar-refractivity contribution >= 4 is 33.4 Å². The Hall–Kier alpha value is -1.20. The molecule has 0 fully saturated rings. The first-order chi connectivity index (χ1) is 7.18. The van der Waals surface area contributed by atoms with Gasteiger partial charge in [-0.15, -0.1) is 0 Å². The van der Waals surface area contributed by atoms with Crippen LogP contribution in [-0.2, 0) is 0 Å². The number of rotatable bonds is 2. The Morgan fingerprint density at radius 2 is 2.13 bits per heavy atom. The van der Waals surface area contributed by atoms with E-state index in [0.29, 0.717) is 5.69 Å². The van der Waals surface area contributed by atoms with E-state index >= 15 is 0 Å². The van der Waals surface area contributed by atoms with Gasteiger partial charge in [0.15, 0.2) is 0 Å². The number of benzene rings is 1. The first-order valence-electron chi connectivity index (χ1n) is 4.13. The van der Waals surface area contributed by atoms with Crippen LogP contribution in [0.15, 0.2) is 34.8 Å². The number of carboxylic acid groups (broad SMARTS) is 1. The molecule has 0 bridgehead atoms. The Bertz CT molecular complexity index is 510. The molecular weight excluding hydrogens is 278 g/mol. The van der Waals surface area contributed by atoms with Crippen molar-refractivity contribution in [1.29, 1.82) is 0 Å². The van der Waals surface area contributed by atoms with Crippen LogP contribution in [0.2, 0.25) is 0 Å². The highest BCUT2D eigenvalue weighted by Gasteiger charge is 2.11. The molecule has 1 aromatic carbocycles. The second-order valence-electron chi connectivity index (χ2n) is 2.86. The number of halogens is 1. The second-order valence-corrected chi connectivity index (χ2v) is 4.52. The van der Waals surface area contributed by atoms with Gasteiger partial charge in [0.05, 0.1) is 5.69 Å². The molecule has 0 spiro atoms. The standard InChI is InChI=1S/C10H6BrNO2S/c11-7-4-2-1-3-6(7)8-5-9(10(13)14)15-12-8/h1-5H,(H,13,14). The highest BCUT2D eigenvalue weighted by molar-refractivity contribution is 9.10. The van der Waals surface area contributed by atoms with E-state index in [1.54, 1.807) is 6.07 Å². The highest BCUT2D eigenvalue weighted by atomic mass is 79.9. The molecule has 0 aliphatic heterocycles. The molecule has 1 aromatic heterocycles. The predicted molar refractivity (Wildman–Crippen MR) is 62.2 cm³/mol. The van der Waals surface area contributed by atoms with Crippen molar-refractivity contribution in [2.24, 2.45) is 0 Å². The van der Waals surface area contributed by atoms with E-state index in [-0.39, 0.29) is 4.88 Å². The lowest BCUT2D eigenvalue weighted by Crippen LogP contribution is -1.90. The number of carbonyl (C=O) groups is 1. The van der Waals surface area contributed by atoms with Gasteiger partial charge in [-0.3, -0.25) is 0 Å². The van der Waals surface area contributed by atoms with E-state index in [4.69, 9.17) is 5.11 Å². The van der Waals surface area contributed by atoms with Crippen LogP contribution in [0.5, 0.6) is 0 Å². The van der Waals surface area contributed by atoms with E-state index in [0.717, 1.165) is 21.6 Å². The minimum Gasteiger partial charge on any atom is -0.477 e. The zero-order chi connectivity index (χ0) is 10.8. The van der Waals surface area contributed by atoms with Gasteiger partial charge in [0.25, 0.3) is 0 Å². The lowest BCUT2D eigenvalue weighted by molar-refractivity contribution is 0.0702.